The molecule has 5 nitrogen and oxygen atoms in total. The number of benzene rings is 1. The molecule has 0 saturated carbocycles. The molecular weight excluding hydrogens is 379 g/mol. The van der Waals surface area contributed by atoms with Crippen LogP contribution in [0.3, 0.4) is 0 Å². The molecular formula is C24H29FN4O. The number of likely N-dealkylation sites (tertiary alicyclic amines) is 1. The Morgan fingerprint density at radius 1 is 1.20 bits per heavy atom. The Kier molecular flexibility index (Phi) is 6.23. The molecule has 0 radical (unpaired) electrons. The molecule has 0 bridgehead atoms. The molecule has 0 aliphatic carbocycles. The predicted molar refractivity (Wildman–Crippen MR) is 116 cm³/mol. The third-order valence-electron chi connectivity index (χ3n) is 6.42. The summed E-state index contributed by atoms with van der Waals surface area (Å²) in [5.41, 5.74) is 1.17. The van der Waals surface area contributed by atoms with Gasteiger partial charge in [0.05, 0.1) is 0 Å². The summed E-state index contributed by atoms with van der Waals surface area (Å²) in [5, 5.41) is 2.97. The van der Waals surface area contributed by atoms with E-state index in [0.29, 0.717) is 12.3 Å². The second-order valence-corrected chi connectivity index (χ2v) is 8.24. The fourth-order valence-electron chi connectivity index (χ4n) is 4.60. The van der Waals surface area contributed by atoms with Gasteiger partial charge in [-0.3, -0.25) is 14.8 Å². The Morgan fingerprint density at radius 3 is 2.63 bits per heavy atom. The SMILES string of the molecule is CCC1(c2ccc(F)cc2)N=C(CCCN2CCC(c3cccnc3)CC2)NC1=O. The number of hydrogen-bond acceptors (Lipinski definition) is 4. The van der Waals surface area contributed by atoms with Crippen molar-refractivity contribution >= 4 is 11.7 Å². The standard InChI is InChI=1S/C24H29FN4O/c1-2-24(20-7-9-21(25)10-8-20)23(30)27-22(28-24)6-4-14-29-15-11-18(12-16-29)19-5-3-13-26-17-19/h3,5,7-10,13,17-18H,2,4,6,11-12,14-16H2,1H3,(H,27,28,30). The number of nitrogens with zero attached hydrogens (tertiary/aromatic N) is 3. The molecule has 1 aromatic heterocycles. The summed E-state index contributed by atoms with van der Waals surface area (Å²) < 4.78 is 13.3. The molecule has 1 unspecified atom stereocenters. The summed E-state index contributed by atoms with van der Waals surface area (Å²) >= 11 is 0. The molecule has 1 fully saturated rings. The van der Waals surface area contributed by atoms with Crippen LogP contribution in [0.25, 0.3) is 0 Å². The third kappa shape index (κ3) is 4.29. The van der Waals surface area contributed by atoms with Crippen molar-refractivity contribution in [2.45, 2.75) is 50.5 Å². The zero-order valence-corrected chi connectivity index (χ0v) is 17.5. The summed E-state index contributed by atoms with van der Waals surface area (Å²) in [4.78, 5) is 24.2. The molecule has 6 heteroatoms. The van der Waals surface area contributed by atoms with Crippen LogP contribution in [0, 0.1) is 5.82 Å². The summed E-state index contributed by atoms with van der Waals surface area (Å²) in [5.74, 6) is 0.939. The number of rotatable bonds is 7. The second-order valence-electron chi connectivity index (χ2n) is 8.24. The highest BCUT2D eigenvalue weighted by molar-refractivity contribution is 6.08. The van der Waals surface area contributed by atoms with Crippen LogP contribution in [0.5, 0.6) is 0 Å². The van der Waals surface area contributed by atoms with E-state index in [0.717, 1.165) is 56.7 Å². The molecule has 30 heavy (non-hydrogen) atoms. The average Bonchev–Trinajstić information content (AvgIpc) is 3.11. The maximum atomic E-state index is 13.3. The number of amides is 1. The summed E-state index contributed by atoms with van der Waals surface area (Å²) in [7, 11) is 0. The lowest BCUT2D eigenvalue weighted by Gasteiger charge is -2.32. The second kappa shape index (κ2) is 9.04. The highest BCUT2D eigenvalue weighted by Gasteiger charge is 2.43. The van der Waals surface area contributed by atoms with E-state index in [1.165, 1.54) is 17.7 Å². The van der Waals surface area contributed by atoms with Crippen LogP contribution in [0.2, 0.25) is 0 Å². The van der Waals surface area contributed by atoms with E-state index < -0.39 is 5.54 Å². The quantitative estimate of drug-likeness (QED) is 0.753. The Labute approximate surface area is 177 Å². The number of aromatic nitrogens is 1. The van der Waals surface area contributed by atoms with Gasteiger partial charge < -0.3 is 10.2 Å². The summed E-state index contributed by atoms with van der Waals surface area (Å²) in [6, 6.07) is 10.3. The number of aliphatic imine (C=N–C) groups is 1. The van der Waals surface area contributed by atoms with Crippen LogP contribution in [-0.2, 0) is 10.3 Å². The van der Waals surface area contributed by atoms with E-state index in [-0.39, 0.29) is 11.7 Å². The van der Waals surface area contributed by atoms with Gasteiger partial charge in [-0.25, -0.2) is 4.39 Å². The van der Waals surface area contributed by atoms with Gasteiger partial charge in [-0.15, -0.1) is 0 Å². The highest BCUT2D eigenvalue weighted by atomic mass is 19.1. The van der Waals surface area contributed by atoms with Crippen LogP contribution in [-0.4, -0.2) is 41.3 Å². The van der Waals surface area contributed by atoms with Gasteiger partial charge in [-0.1, -0.05) is 25.1 Å². The van der Waals surface area contributed by atoms with Gasteiger partial charge in [-0.05, 0) is 80.6 Å². The van der Waals surface area contributed by atoms with Crippen molar-refractivity contribution in [1.82, 2.24) is 15.2 Å². The minimum atomic E-state index is -0.925. The molecule has 0 spiro atoms. The van der Waals surface area contributed by atoms with E-state index in [2.05, 4.69) is 21.3 Å². The van der Waals surface area contributed by atoms with E-state index in [1.807, 2.05) is 25.4 Å². The smallest absolute Gasteiger partial charge is 0.257 e. The monoisotopic (exact) mass is 408 g/mol. The maximum Gasteiger partial charge on any atom is 0.257 e. The van der Waals surface area contributed by atoms with Crippen molar-refractivity contribution in [3.05, 3.63) is 65.7 Å². The van der Waals surface area contributed by atoms with Gasteiger partial charge in [0, 0.05) is 18.8 Å². The zero-order valence-electron chi connectivity index (χ0n) is 17.5. The number of hydrogen-bond donors (Lipinski definition) is 1. The Balaban J connectivity index is 1.30. The number of pyridine rings is 1. The largest absolute Gasteiger partial charge is 0.312 e. The molecule has 2 aliphatic rings. The molecule has 1 aromatic carbocycles. The Morgan fingerprint density at radius 2 is 1.97 bits per heavy atom. The molecule has 1 atom stereocenters. The van der Waals surface area contributed by atoms with E-state index in [4.69, 9.17) is 4.99 Å². The number of nitrogens with one attached hydrogen (secondary N) is 1. The lowest BCUT2D eigenvalue weighted by atomic mass is 9.88. The molecule has 2 aromatic rings. The number of carbonyl (C=O) groups excluding carboxylic acids is 1. The third-order valence-corrected chi connectivity index (χ3v) is 6.42. The van der Waals surface area contributed by atoms with E-state index in [1.54, 1.807) is 12.1 Å². The molecule has 158 valence electrons. The highest BCUT2D eigenvalue weighted by Crippen LogP contribution is 2.34. The number of amidine groups is 1. The lowest BCUT2D eigenvalue weighted by Crippen LogP contribution is -2.37. The number of carbonyl (C=O) groups is 1. The first-order chi connectivity index (χ1) is 14.6. The maximum absolute atomic E-state index is 13.3. The van der Waals surface area contributed by atoms with Crippen molar-refractivity contribution < 1.29 is 9.18 Å². The molecule has 2 aliphatic heterocycles. The van der Waals surface area contributed by atoms with Crippen molar-refractivity contribution in [1.29, 1.82) is 0 Å². The molecule has 4 rings (SSSR count). The normalized spacial score (nSPS) is 22.7. The van der Waals surface area contributed by atoms with Crippen LogP contribution in [0.1, 0.15) is 56.1 Å². The van der Waals surface area contributed by atoms with E-state index >= 15 is 0 Å². The molecule has 1 N–H and O–H groups in total. The predicted octanol–water partition coefficient (Wildman–Crippen LogP) is 4.01. The van der Waals surface area contributed by atoms with Gasteiger partial charge in [0.1, 0.15) is 11.7 Å². The number of halogens is 1. The van der Waals surface area contributed by atoms with E-state index in [9.17, 15) is 9.18 Å². The molecule has 1 amide bonds. The zero-order chi connectivity index (χ0) is 21.0. The first-order valence-electron chi connectivity index (χ1n) is 10.9. The summed E-state index contributed by atoms with van der Waals surface area (Å²) in [6.45, 7) is 5.13. The molecule has 3 heterocycles. The molecule has 1 saturated heterocycles. The van der Waals surface area contributed by atoms with Crippen LogP contribution >= 0.6 is 0 Å². The lowest BCUT2D eigenvalue weighted by molar-refractivity contribution is -0.124. The van der Waals surface area contributed by atoms with Gasteiger partial charge in [0.15, 0.2) is 5.54 Å². The minimum Gasteiger partial charge on any atom is -0.312 e. The van der Waals surface area contributed by atoms with Crippen molar-refractivity contribution in [3.63, 3.8) is 0 Å². The van der Waals surface area contributed by atoms with Crippen LogP contribution in [0.4, 0.5) is 4.39 Å². The van der Waals surface area contributed by atoms with Gasteiger partial charge in [0.25, 0.3) is 5.91 Å². The average molecular weight is 409 g/mol. The fourth-order valence-corrected chi connectivity index (χ4v) is 4.60. The van der Waals surface area contributed by atoms with Gasteiger partial charge in [-0.2, -0.15) is 0 Å². The van der Waals surface area contributed by atoms with Crippen molar-refractivity contribution in [2.75, 3.05) is 19.6 Å². The van der Waals surface area contributed by atoms with Crippen molar-refractivity contribution in [3.8, 4) is 0 Å². The van der Waals surface area contributed by atoms with Crippen LogP contribution < -0.4 is 5.32 Å². The first-order valence-corrected chi connectivity index (χ1v) is 10.9. The topological polar surface area (TPSA) is 57.6 Å². The van der Waals surface area contributed by atoms with Gasteiger partial charge >= 0.3 is 0 Å². The fraction of sp³-hybridized carbons (Fsp3) is 0.458. The minimum absolute atomic E-state index is 0.108. The van der Waals surface area contributed by atoms with Crippen molar-refractivity contribution in [2.24, 2.45) is 4.99 Å². The Hall–Kier alpha value is -2.60. The van der Waals surface area contributed by atoms with Crippen LogP contribution in [0.15, 0.2) is 53.8 Å². The Bertz CT molecular complexity index is 891. The summed E-state index contributed by atoms with van der Waals surface area (Å²) in [6.07, 6.45) is 8.39. The van der Waals surface area contributed by atoms with Gasteiger partial charge in [0.2, 0.25) is 0 Å². The number of piperidine rings is 1. The first kappa shape index (κ1) is 20.7.